The second-order valence-electron chi connectivity index (χ2n) is 9.42. The summed E-state index contributed by atoms with van der Waals surface area (Å²) < 4.78 is 51.2. The molecule has 1 fully saturated rings. The number of nitrogens with zero attached hydrogens (tertiary/aromatic N) is 5. The molecular weight excluding hydrogens is 517 g/mol. The molecule has 5 aromatic rings. The molecule has 1 aliphatic carbocycles. The number of hydrogen-bond acceptors (Lipinski definition) is 5. The number of H-pyrrole nitrogens is 1. The number of rotatable bonds is 7. The first-order chi connectivity index (χ1) is 18.5. The molecule has 7 nitrogen and oxygen atoms in total. The van der Waals surface area contributed by atoms with E-state index in [0.29, 0.717) is 56.8 Å². The van der Waals surface area contributed by atoms with Crippen molar-refractivity contribution in [3.05, 3.63) is 76.6 Å². The largest absolute Gasteiger partial charge is 0.488 e. The number of aromatic amines is 1. The van der Waals surface area contributed by atoms with E-state index in [1.165, 1.54) is 12.1 Å². The van der Waals surface area contributed by atoms with Crippen LogP contribution in [0.4, 0.5) is 13.2 Å². The molecule has 2 heterocycles. The first-order valence-electron chi connectivity index (χ1n) is 12.3. The van der Waals surface area contributed by atoms with Crippen LogP contribution in [0.5, 0.6) is 5.75 Å². The third-order valence-corrected chi connectivity index (χ3v) is 7.17. The van der Waals surface area contributed by atoms with Gasteiger partial charge in [-0.1, -0.05) is 36.6 Å². The molecule has 194 valence electrons. The molecule has 1 N–H and O–H groups in total. The van der Waals surface area contributed by atoms with Gasteiger partial charge in [0.25, 0.3) is 0 Å². The SMILES string of the molecule is Fc1cc2nc(-c3ccc(Cl)cc3OCc3ccc(-c4nn[nH]n4)cc3F)n(CC3CCCC3)c2cc1F. The zero-order chi connectivity index (χ0) is 26.2. The van der Waals surface area contributed by atoms with Gasteiger partial charge in [-0.25, -0.2) is 18.2 Å². The van der Waals surface area contributed by atoms with E-state index in [4.69, 9.17) is 16.3 Å². The van der Waals surface area contributed by atoms with E-state index in [9.17, 15) is 13.2 Å². The van der Waals surface area contributed by atoms with Crippen LogP contribution in [0.25, 0.3) is 33.8 Å². The highest BCUT2D eigenvalue weighted by atomic mass is 35.5. The summed E-state index contributed by atoms with van der Waals surface area (Å²) in [5, 5.41) is 14.0. The Morgan fingerprint density at radius 2 is 1.79 bits per heavy atom. The summed E-state index contributed by atoms with van der Waals surface area (Å²) in [5.74, 6) is -0.800. The molecule has 1 saturated carbocycles. The van der Waals surface area contributed by atoms with E-state index in [2.05, 4.69) is 25.6 Å². The number of fused-ring (bicyclic) bond motifs is 1. The molecule has 38 heavy (non-hydrogen) atoms. The fourth-order valence-electron chi connectivity index (χ4n) is 5.01. The lowest BCUT2D eigenvalue weighted by molar-refractivity contribution is 0.301. The molecule has 0 saturated heterocycles. The van der Waals surface area contributed by atoms with Crippen molar-refractivity contribution in [1.29, 1.82) is 0 Å². The van der Waals surface area contributed by atoms with E-state index in [-0.39, 0.29) is 12.4 Å². The summed E-state index contributed by atoms with van der Waals surface area (Å²) in [7, 11) is 0. The number of ether oxygens (including phenoxy) is 1. The van der Waals surface area contributed by atoms with Crippen molar-refractivity contribution in [1.82, 2.24) is 30.2 Å². The molecule has 0 atom stereocenters. The van der Waals surface area contributed by atoms with Gasteiger partial charge in [0, 0.05) is 34.8 Å². The van der Waals surface area contributed by atoms with Gasteiger partial charge in [0.2, 0.25) is 5.82 Å². The van der Waals surface area contributed by atoms with Crippen molar-refractivity contribution in [2.45, 2.75) is 38.8 Å². The average Bonchev–Trinajstić information content (AvgIpc) is 3.67. The van der Waals surface area contributed by atoms with Gasteiger partial charge in [0.05, 0.1) is 16.6 Å². The lowest BCUT2D eigenvalue weighted by atomic mass is 10.1. The summed E-state index contributed by atoms with van der Waals surface area (Å²) in [4.78, 5) is 4.67. The molecule has 2 aromatic heterocycles. The smallest absolute Gasteiger partial charge is 0.204 e. The number of benzene rings is 3. The maximum atomic E-state index is 14.9. The molecule has 0 bridgehead atoms. The Labute approximate surface area is 220 Å². The molecule has 6 rings (SSSR count). The Morgan fingerprint density at radius 3 is 2.55 bits per heavy atom. The fourth-order valence-corrected chi connectivity index (χ4v) is 5.17. The van der Waals surface area contributed by atoms with Crippen LogP contribution in [0, 0.1) is 23.4 Å². The molecule has 0 aliphatic heterocycles. The predicted molar refractivity (Wildman–Crippen MR) is 136 cm³/mol. The van der Waals surface area contributed by atoms with Gasteiger partial charge in [0.1, 0.15) is 24.0 Å². The van der Waals surface area contributed by atoms with E-state index < -0.39 is 17.5 Å². The molecule has 11 heteroatoms. The van der Waals surface area contributed by atoms with Gasteiger partial charge in [-0.15, -0.1) is 10.2 Å². The number of tetrazole rings is 1. The standard InChI is InChI=1S/C27H22ClF3N6O/c28-18-7-8-19(25(10-18)38-14-17-6-5-16(9-20(17)29)26-33-35-36-34-26)27-32-23-11-21(30)22(31)12-24(23)37(27)13-15-3-1-2-4-15/h5-12,15H,1-4,13-14H2,(H,33,34,35,36). The van der Waals surface area contributed by atoms with E-state index >= 15 is 0 Å². The lowest BCUT2D eigenvalue weighted by Gasteiger charge is -2.17. The van der Waals surface area contributed by atoms with Crippen LogP contribution in [0.2, 0.25) is 5.02 Å². The summed E-state index contributed by atoms with van der Waals surface area (Å²) in [5.41, 5.74) is 2.24. The number of aromatic nitrogens is 6. The van der Waals surface area contributed by atoms with E-state index in [0.717, 1.165) is 31.7 Å². The summed E-state index contributed by atoms with van der Waals surface area (Å²) in [6, 6.07) is 12.0. The van der Waals surface area contributed by atoms with Crippen molar-refractivity contribution in [2.75, 3.05) is 0 Å². The van der Waals surface area contributed by atoms with Crippen molar-refractivity contribution in [2.24, 2.45) is 5.92 Å². The Kier molecular flexibility index (Phi) is 6.49. The Bertz CT molecular complexity index is 1620. The topological polar surface area (TPSA) is 81.5 Å². The number of halogens is 4. The zero-order valence-electron chi connectivity index (χ0n) is 20.1. The minimum absolute atomic E-state index is 0.0855. The van der Waals surface area contributed by atoms with Crippen LogP contribution in [-0.2, 0) is 13.2 Å². The molecule has 3 aromatic carbocycles. The molecule has 1 aliphatic rings. The van der Waals surface area contributed by atoms with Crippen molar-refractivity contribution >= 4 is 22.6 Å². The second-order valence-corrected chi connectivity index (χ2v) is 9.86. The summed E-state index contributed by atoms with van der Waals surface area (Å²) >= 11 is 6.29. The second kappa shape index (κ2) is 10.1. The first kappa shape index (κ1) is 24.4. The predicted octanol–water partition coefficient (Wildman–Crippen LogP) is 6.72. The highest BCUT2D eigenvalue weighted by Crippen LogP contribution is 2.37. The Hall–Kier alpha value is -3.92. The van der Waals surface area contributed by atoms with Crippen molar-refractivity contribution in [3.8, 4) is 28.5 Å². The number of hydrogen-bond donors (Lipinski definition) is 1. The molecular formula is C27H22ClF3N6O. The zero-order valence-corrected chi connectivity index (χ0v) is 20.9. The van der Waals surface area contributed by atoms with Crippen LogP contribution in [0.15, 0.2) is 48.5 Å². The van der Waals surface area contributed by atoms with Gasteiger partial charge < -0.3 is 9.30 Å². The normalized spacial score (nSPS) is 14.0. The van der Waals surface area contributed by atoms with E-state index in [1.54, 1.807) is 30.3 Å². The maximum absolute atomic E-state index is 14.9. The molecule has 0 unspecified atom stereocenters. The van der Waals surface area contributed by atoms with Crippen molar-refractivity contribution < 1.29 is 17.9 Å². The minimum Gasteiger partial charge on any atom is -0.488 e. The third kappa shape index (κ3) is 4.71. The maximum Gasteiger partial charge on any atom is 0.204 e. The van der Waals surface area contributed by atoms with Crippen LogP contribution >= 0.6 is 11.6 Å². The Balaban J connectivity index is 1.36. The molecule has 0 amide bonds. The van der Waals surface area contributed by atoms with Crippen LogP contribution in [0.1, 0.15) is 31.2 Å². The van der Waals surface area contributed by atoms with Crippen molar-refractivity contribution in [3.63, 3.8) is 0 Å². The van der Waals surface area contributed by atoms with Gasteiger partial charge in [-0.05, 0) is 48.2 Å². The van der Waals surface area contributed by atoms with Gasteiger partial charge >= 0.3 is 0 Å². The van der Waals surface area contributed by atoms with Crippen LogP contribution < -0.4 is 4.74 Å². The highest BCUT2D eigenvalue weighted by Gasteiger charge is 2.23. The Morgan fingerprint density at radius 1 is 0.974 bits per heavy atom. The first-order valence-corrected chi connectivity index (χ1v) is 12.6. The quantitative estimate of drug-likeness (QED) is 0.249. The average molecular weight is 539 g/mol. The van der Waals surface area contributed by atoms with Crippen LogP contribution in [-0.4, -0.2) is 30.2 Å². The highest BCUT2D eigenvalue weighted by molar-refractivity contribution is 6.30. The number of imidazole rings is 1. The van der Waals surface area contributed by atoms with Gasteiger partial charge in [-0.3, -0.25) is 0 Å². The number of nitrogens with one attached hydrogen (secondary N) is 1. The minimum atomic E-state index is -0.957. The molecule has 0 spiro atoms. The van der Waals surface area contributed by atoms with Gasteiger partial charge in [-0.2, -0.15) is 5.21 Å². The van der Waals surface area contributed by atoms with E-state index in [1.807, 2.05) is 4.57 Å². The fraction of sp³-hybridized carbons (Fsp3) is 0.259. The molecule has 0 radical (unpaired) electrons. The summed E-state index contributed by atoms with van der Waals surface area (Å²) in [6.07, 6.45) is 4.40. The summed E-state index contributed by atoms with van der Waals surface area (Å²) in [6.45, 7) is 0.531. The monoisotopic (exact) mass is 538 g/mol. The third-order valence-electron chi connectivity index (χ3n) is 6.93. The van der Waals surface area contributed by atoms with Gasteiger partial charge in [0.15, 0.2) is 11.6 Å². The van der Waals surface area contributed by atoms with Crippen LogP contribution in [0.3, 0.4) is 0 Å². The lowest BCUT2D eigenvalue weighted by Crippen LogP contribution is -2.10.